The van der Waals surface area contributed by atoms with Crippen LogP contribution in [0.25, 0.3) is 10.8 Å². The Morgan fingerprint density at radius 3 is 2.46 bits per heavy atom. The molecule has 0 fully saturated rings. The van der Waals surface area contributed by atoms with Gasteiger partial charge in [0.1, 0.15) is 22.8 Å². The van der Waals surface area contributed by atoms with E-state index in [1.807, 2.05) is 60.7 Å². The van der Waals surface area contributed by atoms with E-state index in [-0.39, 0.29) is 0 Å². The molecule has 0 spiro atoms. The number of nitrogens with zero attached hydrogens (tertiary/aromatic N) is 2. The summed E-state index contributed by atoms with van der Waals surface area (Å²) in [5.74, 6) is 1.02. The molecule has 4 aromatic rings. The number of aromatic nitrogens is 2. The summed E-state index contributed by atoms with van der Waals surface area (Å²) in [4.78, 5) is 9.42. The van der Waals surface area contributed by atoms with Gasteiger partial charge >= 0.3 is 0 Å². The molecule has 0 aliphatic heterocycles. The molecule has 0 atom stereocenters. The number of rotatable bonds is 4. The molecule has 1 aromatic heterocycles. The summed E-state index contributed by atoms with van der Waals surface area (Å²) in [5, 5.41) is 3.56. The average Bonchev–Trinajstić information content (AvgIpc) is 2.67. The predicted octanol–water partition coefficient (Wildman–Crippen LogP) is 5.81. The first kappa shape index (κ1) is 16.7. The van der Waals surface area contributed by atoms with Crippen molar-refractivity contribution in [3.63, 3.8) is 0 Å². The Bertz CT molecular complexity index is 1070. The van der Waals surface area contributed by atoms with E-state index in [0.717, 1.165) is 15.7 Å². The van der Waals surface area contributed by atoms with Crippen LogP contribution in [-0.2, 0) is 0 Å². The molecule has 4 rings (SSSR count). The summed E-state index contributed by atoms with van der Waals surface area (Å²) in [6.45, 7) is 0. The van der Waals surface area contributed by atoms with Crippen LogP contribution in [0.5, 0.6) is 11.6 Å². The maximum Gasteiger partial charge on any atom is 0.247 e. The molecule has 6 heteroatoms. The topological polar surface area (TPSA) is 61.0 Å². The molecule has 0 aliphatic rings. The number of ether oxygens (including phenoxy) is 1. The molecule has 3 aromatic carbocycles. The zero-order valence-electron chi connectivity index (χ0n) is 13.6. The van der Waals surface area contributed by atoms with Gasteiger partial charge in [-0.25, -0.2) is 4.98 Å². The van der Waals surface area contributed by atoms with E-state index < -0.39 is 0 Å². The van der Waals surface area contributed by atoms with Crippen LogP contribution < -0.4 is 10.5 Å². The van der Waals surface area contributed by atoms with Gasteiger partial charge in [0.15, 0.2) is 0 Å². The standard InChI is InChI=1S/C20H14ClN3OS/c21-15-6-9-17(10-7-15)26-20-18(22)19(23-12-24-20)25-16-8-5-13-3-1-2-4-14(13)11-16/h1-12H,22H2. The van der Waals surface area contributed by atoms with Gasteiger partial charge in [0.25, 0.3) is 0 Å². The lowest BCUT2D eigenvalue weighted by Gasteiger charge is -2.10. The van der Waals surface area contributed by atoms with Gasteiger partial charge in [-0.15, -0.1) is 0 Å². The van der Waals surface area contributed by atoms with Crippen molar-refractivity contribution in [1.82, 2.24) is 9.97 Å². The van der Waals surface area contributed by atoms with E-state index in [4.69, 9.17) is 22.1 Å². The molecular weight excluding hydrogens is 366 g/mol. The van der Waals surface area contributed by atoms with Gasteiger partial charge in [0.2, 0.25) is 5.88 Å². The van der Waals surface area contributed by atoms with E-state index in [2.05, 4.69) is 16.0 Å². The van der Waals surface area contributed by atoms with Crippen LogP contribution in [0.1, 0.15) is 0 Å². The number of halogens is 1. The minimum atomic E-state index is 0.340. The summed E-state index contributed by atoms with van der Waals surface area (Å²) in [5.41, 5.74) is 6.63. The molecule has 1 heterocycles. The number of anilines is 1. The molecule has 0 unspecified atom stereocenters. The van der Waals surface area contributed by atoms with Crippen molar-refractivity contribution in [3.8, 4) is 11.6 Å². The van der Waals surface area contributed by atoms with Crippen molar-refractivity contribution in [2.45, 2.75) is 9.92 Å². The summed E-state index contributed by atoms with van der Waals surface area (Å²) < 4.78 is 5.90. The first-order valence-corrected chi connectivity index (χ1v) is 9.09. The van der Waals surface area contributed by atoms with Crippen molar-refractivity contribution in [2.24, 2.45) is 0 Å². The minimum Gasteiger partial charge on any atom is -0.437 e. The van der Waals surface area contributed by atoms with Gasteiger partial charge < -0.3 is 10.5 Å². The van der Waals surface area contributed by atoms with Crippen molar-refractivity contribution in [3.05, 3.63) is 78.1 Å². The molecule has 26 heavy (non-hydrogen) atoms. The number of nitrogens with two attached hydrogens (primary N) is 1. The van der Waals surface area contributed by atoms with Crippen molar-refractivity contribution in [1.29, 1.82) is 0 Å². The van der Waals surface area contributed by atoms with Gasteiger partial charge in [-0.1, -0.05) is 53.7 Å². The molecule has 0 saturated heterocycles. The Hall–Kier alpha value is -2.76. The predicted molar refractivity (Wildman–Crippen MR) is 106 cm³/mol. The lowest BCUT2D eigenvalue weighted by Crippen LogP contribution is -1.99. The molecule has 0 radical (unpaired) electrons. The van der Waals surface area contributed by atoms with Gasteiger partial charge in [0, 0.05) is 9.92 Å². The highest BCUT2D eigenvalue weighted by atomic mass is 35.5. The highest BCUT2D eigenvalue weighted by Crippen LogP contribution is 2.36. The summed E-state index contributed by atoms with van der Waals surface area (Å²) >= 11 is 7.36. The number of hydrogen-bond donors (Lipinski definition) is 1. The molecule has 2 N–H and O–H groups in total. The van der Waals surface area contributed by atoms with Crippen LogP contribution in [0.3, 0.4) is 0 Å². The zero-order valence-corrected chi connectivity index (χ0v) is 15.2. The molecule has 0 bridgehead atoms. The maximum atomic E-state index is 6.22. The lowest BCUT2D eigenvalue weighted by atomic mass is 10.1. The maximum absolute atomic E-state index is 6.22. The minimum absolute atomic E-state index is 0.340. The Balaban J connectivity index is 1.61. The SMILES string of the molecule is Nc1c(Oc2ccc3ccccc3c2)ncnc1Sc1ccc(Cl)cc1. The van der Waals surface area contributed by atoms with Gasteiger partial charge in [-0.05, 0) is 47.2 Å². The van der Waals surface area contributed by atoms with E-state index in [9.17, 15) is 0 Å². The third-order valence-electron chi connectivity index (χ3n) is 3.77. The third-order valence-corrected chi connectivity index (χ3v) is 5.05. The monoisotopic (exact) mass is 379 g/mol. The molecule has 0 saturated carbocycles. The second-order valence-electron chi connectivity index (χ2n) is 5.56. The lowest BCUT2D eigenvalue weighted by molar-refractivity contribution is 0.463. The fraction of sp³-hybridized carbons (Fsp3) is 0. The van der Waals surface area contributed by atoms with Crippen LogP contribution in [0, 0.1) is 0 Å². The van der Waals surface area contributed by atoms with E-state index in [1.54, 1.807) is 0 Å². The first-order valence-electron chi connectivity index (χ1n) is 7.89. The summed E-state index contributed by atoms with van der Waals surface area (Å²) in [7, 11) is 0. The molecule has 0 aliphatic carbocycles. The fourth-order valence-electron chi connectivity index (χ4n) is 2.48. The molecule has 0 amide bonds. The van der Waals surface area contributed by atoms with Crippen molar-refractivity contribution >= 4 is 39.8 Å². The van der Waals surface area contributed by atoms with E-state index in [0.29, 0.717) is 27.4 Å². The van der Waals surface area contributed by atoms with Gasteiger partial charge in [-0.3, -0.25) is 0 Å². The Kier molecular flexibility index (Phi) is 4.65. The van der Waals surface area contributed by atoms with E-state index >= 15 is 0 Å². The first-order chi connectivity index (χ1) is 12.7. The smallest absolute Gasteiger partial charge is 0.247 e. The fourth-order valence-corrected chi connectivity index (χ4v) is 3.40. The quantitative estimate of drug-likeness (QED) is 0.453. The normalized spacial score (nSPS) is 10.8. The summed E-state index contributed by atoms with van der Waals surface area (Å²) in [6, 6.07) is 21.4. The number of hydrogen-bond acceptors (Lipinski definition) is 5. The van der Waals surface area contributed by atoms with Crippen LogP contribution in [-0.4, -0.2) is 9.97 Å². The van der Waals surface area contributed by atoms with Gasteiger partial charge in [0.05, 0.1) is 0 Å². The second-order valence-corrected chi connectivity index (χ2v) is 7.06. The third kappa shape index (κ3) is 3.59. The number of benzene rings is 3. The molecular formula is C20H14ClN3OS. The van der Waals surface area contributed by atoms with Crippen LogP contribution in [0.2, 0.25) is 5.02 Å². The van der Waals surface area contributed by atoms with E-state index in [1.165, 1.54) is 18.1 Å². The highest BCUT2D eigenvalue weighted by molar-refractivity contribution is 7.99. The van der Waals surface area contributed by atoms with Crippen molar-refractivity contribution in [2.75, 3.05) is 5.73 Å². The second kappa shape index (κ2) is 7.23. The van der Waals surface area contributed by atoms with Crippen LogP contribution >= 0.6 is 23.4 Å². The molecule has 4 nitrogen and oxygen atoms in total. The Morgan fingerprint density at radius 1 is 0.885 bits per heavy atom. The zero-order chi connectivity index (χ0) is 17.9. The molecule has 128 valence electrons. The largest absolute Gasteiger partial charge is 0.437 e. The van der Waals surface area contributed by atoms with Crippen LogP contribution in [0.15, 0.2) is 83.0 Å². The van der Waals surface area contributed by atoms with Crippen LogP contribution in [0.4, 0.5) is 5.69 Å². The van der Waals surface area contributed by atoms with Gasteiger partial charge in [-0.2, -0.15) is 4.98 Å². The highest BCUT2D eigenvalue weighted by Gasteiger charge is 2.12. The Morgan fingerprint density at radius 2 is 1.65 bits per heavy atom. The summed E-state index contributed by atoms with van der Waals surface area (Å²) in [6.07, 6.45) is 1.45. The number of nitrogen functional groups attached to an aromatic ring is 1. The number of fused-ring (bicyclic) bond motifs is 1. The van der Waals surface area contributed by atoms with Crippen molar-refractivity contribution < 1.29 is 4.74 Å². The Labute approximate surface area is 160 Å². The average molecular weight is 380 g/mol.